The lowest BCUT2D eigenvalue weighted by molar-refractivity contribution is -0.130. The van der Waals surface area contributed by atoms with Gasteiger partial charge in [-0.2, -0.15) is 0 Å². The SMILES string of the molecule is CCCCN(C)C(=O)Cn1c(CCCNC(=O)c2ccc(OC)c(OC)c2)nc2ccccc21. The summed E-state index contributed by atoms with van der Waals surface area (Å²) in [5.74, 6) is 1.82. The van der Waals surface area contributed by atoms with Crippen LogP contribution in [0.5, 0.6) is 11.5 Å². The van der Waals surface area contributed by atoms with E-state index in [0.29, 0.717) is 36.4 Å². The van der Waals surface area contributed by atoms with E-state index >= 15 is 0 Å². The van der Waals surface area contributed by atoms with Crippen LogP contribution >= 0.6 is 0 Å². The molecule has 1 heterocycles. The summed E-state index contributed by atoms with van der Waals surface area (Å²) in [5.41, 5.74) is 2.32. The average Bonchev–Trinajstić information content (AvgIpc) is 3.21. The molecule has 182 valence electrons. The smallest absolute Gasteiger partial charge is 0.251 e. The Kier molecular flexibility index (Phi) is 8.90. The first kappa shape index (κ1) is 25.1. The highest BCUT2D eigenvalue weighted by molar-refractivity contribution is 5.94. The van der Waals surface area contributed by atoms with E-state index in [2.05, 4.69) is 12.2 Å². The van der Waals surface area contributed by atoms with Crippen LogP contribution in [0.1, 0.15) is 42.4 Å². The van der Waals surface area contributed by atoms with Crippen molar-refractivity contribution in [3.05, 3.63) is 53.9 Å². The highest BCUT2D eigenvalue weighted by Gasteiger charge is 2.16. The number of para-hydroxylation sites is 2. The van der Waals surface area contributed by atoms with Crippen molar-refractivity contribution in [3.63, 3.8) is 0 Å². The van der Waals surface area contributed by atoms with Crippen LogP contribution in [0.25, 0.3) is 11.0 Å². The summed E-state index contributed by atoms with van der Waals surface area (Å²) in [7, 11) is 4.94. The molecule has 0 radical (unpaired) electrons. The van der Waals surface area contributed by atoms with Crippen LogP contribution in [0, 0.1) is 0 Å². The summed E-state index contributed by atoms with van der Waals surface area (Å²) < 4.78 is 12.5. The van der Waals surface area contributed by atoms with Crippen molar-refractivity contribution in [2.45, 2.75) is 39.2 Å². The first-order chi connectivity index (χ1) is 16.5. The van der Waals surface area contributed by atoms with E-state index < -0.39 is 0 Å². The Balaban J connectivity index is 1.63. The number of hydrogen-bond donors (Lipinski definition) is 1. The zero-order chi connectivity index (χ0) is 24.5. The van der Waals surface area contributed by atoms with E-state index in [0.717, 1.165) is 36.2 Å². The van der Waals surface area contributed by atoms with Gasteiger partial charge in [-0.25, -0.2) is 4.98 Å². The van der Waals surface area contributed by atoms with Gasteiger partial charge in [0.05, 0.1) is 25.3 Å². The number of nitrogens with one attached hydrogen (secondary N) is 1. The van der Waals surface area contributed by atoms with E-state index in [4.69, 9.17) is 14.5 Å². The maximum atomic E-state index is 12.8. The summed E-state index contributed by atoms with van der Waals surface area (Å²) in [4.78, 5) is 31.9. The molecule has 0 saturated carbocycles. The van der Waals surface area contributed by atoms with E-state index in [1.165, 1.54) is 7.11 Å². The molecule has 0 atom stereocenters. The molecule has 3 rings (SSSR count). The maximum absolute atomic E-state index is 12.8. The molecule has 0 aliphatic rings. The molecule has 1 N–H and O–H groups in total. The lowest BCUT2D eigenvalue weighted by atomic mass is 10.2. The molecule has 1 aromatic heterocycles. The molecule has 0 aliphatic carbocycles. The minimum atomic E-state index is -0.179. The number of nitrogens with zero attached hydrogens (tertiary/aromatic N) is 3. The lowest BCUT2D eigenvalue weighted by Gasteiger charge is -2.18. The number of carbonyl (C=O) groups is 2. The Labute approximate surface area is 200 Å². The number of aromatic nitrogens is 2. The summed E-state index contributed by atoms with van der Waals surface area (Å²) in [6, 6.07) is 12.9. The number of unbranched alkanes of at least 4 members (excludes halogenated alkanes) is 1. The zero-order valence-electron chi connectivity index (χ0n) is 20.5. The van der Waals surface area contributed by atoms with Gasteiger partial charge in [0, 0.05) is 32.1 Å². The van der Waals surface area contributed by atoms with Gasteiger partial charge in [0.15, 0.2) is 11.5 Å². The molecule has 8 heteroatoms. The van der Waals surface area contributed by atoms with Gasteiger partial charge in [-0.15, -0.1) is 0 Å². The van der Waals surface area contributed by atoms with Crippen molar-refractivity contribution in [2.75, 3.05) is 34.4 Å². The molecule has 0 unspecified atom stereocenters. The molecule has 0 saturated heterocycles. The molecule has 0 fully saturated rings. The van der Waals surface area contributed by atoms with Crippen LogP contribution in [-0.2, 0) is 17.8 Å². The molecular weight excluding hydrogens is 432 g/mol. The molecule has 2 aromatic carbocycles. The quantitative estimate of drug-likeness (QED) is 0.412. The Hall–Kier alpha value is -3.55. The van der Waals surface area contributed by atoms with Gasteiger partial charge in [-0.05, 0) is 43.2 Å². The maximum Gasteiger partial charge on any atom is 0.251 e. The van der Waals surface area contributed by atoms with E-state index in [9.17, 15) is 9.59 Å². The number of carbonyl (C=O) groups excluding carboxylic acids is 2. The number of ether oxygens (including phenoxy) is 2. The Morgan fingerprint density at radius 1 is 1.06 bits per heavy atom. The van der Waals surface area contributed by atoms with Crippen molar-refractivity contribution in [1.82, 2.24) is 19.8 Å². The topological polar surface area (TPSA) is 85.7 Å². The molecular formula is C26H34N4O4. The Bertz CT molecular complexity index is 1130. The third kappa shape index (κ3) is 6.07. The van der Waals surface area contributed by atoms with Crippen LogP contribution in [0.15, 0.2) is 42.5 Å². The predicted molar refractivity (Wildman–Crippen MR) is 132 cm³/mol. The fraction of sp³-hybridized carbons (Fsp3) is 0.423. The van der Waals surface area contributed by atoms with Gasteiger partial charge in [0.25, 0.3) is 5.91 Å². The van der Waals surface area contributed by atoms with Gasteiger partial charge < -0.3 is 24.3 Å². The fourth-order valence-electron chi connectivity index (χ4n) is 3.80. The second-order valence-corrected chi connectivity index (χ2v) is 8.20. The first-order valence-electron chi connectivity index (χ1n) is 11.7. The van der Waals surface area contributed by atoms with Crippen LogP contribution < -0.4 is 14.8 Å². The number of likely N-dealkylation sites (N-methyl/N-ethyl adjacent to an activating group) is 1. The number of fused-ring (bicyclic) bond motifs is 1. The van der Waals surface area contributed by atoms with Crippen molar-refractivity contribution in [1.29, 1.82) is 0 Å². The molecule has 8 nitrogen and oxygen atoms in total. The van der Waals surface area contributed by atoms with Crippen molar-refractivity contribution >= 4 is 22.8 Å². The standard InChI is InChI=1S/C26H34N4O4/c1-5-6-16-29(2)25(31)18-30-21-11-8-7-10-20(21)28-24(30)12-9-15-27-26(32)19-13-14-22(33-3)23(17-19)34-4/h7-8,10-11,13-14,17H,5-6,9,12,15-16,18H2,1-4H3,(H,27,32). The fourth-order valence-corrected chi connectivity index (χ4v) is 3.80. The van der Waals surface area contributed by atoms with Gasteiger partial charge in [0.1, 0.15) is 12.4 Å². The highest BCUT2D eigenvalue weighted by Crippen LogP contribution is 2.27. The number of imidazole rings is 1. The summed E-state index contributed by atoms with van der Waals surface area (Å²) in [6.45, 7) is 3.61. The van der Waals surface area contributed by atoms with Crippen LogP contribution in [0.3, 0.4) is 0 Å². The molecule has 3 aromatic rings. The van der Waals surface area contributed by atoms with E-state index in [1.54, 1.807) is 30.2 Å². The van der Waals surface area contributed by atoms with Crippen LogP contribution in [0.4, 0.5) is 0 Å². The first-order valence-corrected chi connectivity index (χ1v) is 11.7. The third-order valence-electron chi connectivity index (χ3n) is 5.81. The predicted octanol–water partition coefficient (Wildman–Crippen LogP) is 3.67. The minimum Gasteiger partial charge on any atom is -0.493 e. The van der Waals surface area contributed by atoms with Gasteiger partial charge in [0.2, 0.25) is 5.91 Å². The summed E-state index contributed by atoms with van der Waals surface area (Å²) in [5, 5.41) is 2.95. The van der Waals surface area contributed by atoms with Gasteiger partial charge >= 0.3 is 0 Å². The van der Waals surface area contributed by atoms with Gasteiger partial charge in [-0.3, -0.25) is 9.59 Å². The average molecular weight is 467 g/mol. The number of rotatable bonds is 12. The monoisotopic (exact) mass is 466 g/mol. The van der Waals surface area contributed by atoms with Crippen LogP contribution in [-0.4, -0.2) is 60.6 Å². The number of aryl methyl sites for hydroxylation is 1. The van der Waals surface area contributed by atoms with E-state index in [1.807, 2.05) is 35.9 Å². The minimum absolute atomic E-state index is 0.0691. The number of benzene rings is 2. The molecule has 0 bridgehead atoms. The molecule has 34 heavy (non-hydrogen) atoms. The number of methoxy groups -OCH3 is 2. The Morgan fingerprint density at radius 3 is 2.56 bits per heavy atom. The second kappa shape index (κ2) is 12.1. The van der Waals surface area contributed by atoms with E-state index in [-0.39, 0.29) is 18.4 Å². The normalized spacial score (nSPS) is 10.8. The van der Waals surface area contributed by atoms with Crippen molar-refractivity contribution < 1.29 is 19.1 Å². The number of amides is 2. The van der Waals surface area contributed by atoms with Gasteiger partial charge in [-0.1, -0.05) is 25.5 Å². The molecule has 2 amide bonds. The number of hydrogen-bond acceptors (Lipinski definition) is 5. The van der Waals surface area contributed by atoms with Crippen molar-refractivity contribution in [3.8, 4) is 11.5 Å². The van der Waals surface area contributed by atoms with Crippen molar-refractivity contribution in [2.24, 2.45) is 0 Å². The zero-order valence-corrected chi connectivity index (χ0v) is 20.5. The third-order valence-corrected chi connectivity index (χ3v) is 5.81. The molecule has 0 spiro atoms. The lowest BCUT2D eigenvalue weighted by Crippen LogP contribution is -2.31. The second-order valence-electron chi connectivity index (χ2n) is 8.20. The largest absolute Gasteiger partial charge is 0.493 e. The summed E-state index contributed by atoms with van der Waals surface area (Å²) in [6.07, 6.45) is 3.38. The van der Waals surface area contributed by atoms with Crippen LogP contribution in [0.2, 0.25) is 0 Å². The Morgan fingerprint density at radius 2 is 1.82 bits per heavy atom. The molecule has 0 aliphatic heterocycles. The summed E-state index contributed by atoms with van der Waals surface area (Å²) >= 11 is 0. The highest BCUT2D eigenvalue weighted by atomic mass is 16.5.